The van der Waals surface area contributed by atoms with Gasteiger partial charge in [-0.2, -0.15) is 13.2 Å². The number of carbonyl (C=O) groups excluding carboxylic acids is 1. The fraction of sp³-hybridized carbons (Fsp3) is 0.304. The van der Waals surface area contributed by atoms with Crippen LogP contribution < -0.4 is 4.74 Å². The highest BCUT2D eigenvalue weighted by molar-refractivity contribution is 6.30. The highest BCUT2D eigenvalue weighted by Crippen LogP contribution is 2.60. The fourth-order valence-corrected chi connectivity index (χ4v) is 3.54. The van der Waals surface area contributed by atoms with Gasteiger partial charge in [-0.3, -0.25) is 9.64 Å². The summed E-state index contributed by atoms with van der Waals surface area (Å²) in [5.41, 5.74) is -0.358. The van der Waals surface area contributed by atoms with Gasteiger partial charge in [0.1, 0.15) is 16.5 Å². The van der Waals surface area contributed by atoms with Crippen LogP contribution in [0.2, 0.25) is 0 Å². The summed E-state index contributed by atoms with van der Waals surface area (Å²) < 4.78 is 49.3. The molecule has 3 rings (SSSR count). The van der Waals surface area contributed by atoms with Crippen LogP contribution in [0.3, 0.4) is 0 Å². The van der Waals surface area contributed by atoms with Crippen molar-refractivity contribution in [1.29, 1.82) is 0 Å². The molecule has 8 heteroatoms. The molecule has 3 atom stereocenters. The van der Waals surface area contributed by atoms with Gasteiger partial charge in [0.05, 0.1) is 11.5 Å². The van der Waals surface area contributed by atoms with E-state index in [0.29, 0.717) is 17.1 Å². The summed E-state index contributed by atoms with van der Waals surface area (Å²) in [5.74, 6) is -1.23. The van der Waals surface area contributed by atoms with Crippen molar-refractivity contribution in [2.45, 2.75) is 26.3 Å². The highest BCUT2D eigenvalue weighted by Gasteiger charge is 2.62. The number of alkyl halides is 3. The minimum Gasteiger partial charge on any atom is -0.457 e. The Morgan fingerprint density at radius 3 is 2.42 bits per heavy atom. The standard InChI is InChI=1S/C23H19ClF3NO3/c1-22(2)17(13-18(24)23(25,26)27)19(22)21(29)31-20(28-3)14-8-7-11-16(12-14)30-15-9-5-4-6-10-15/h4-13,17,19-20H,1-2H3/b18-13-/t17-,19-,20?/m0/s1. The van der Waals surface area contributed by atoms with E-state index in [0.717, 1.165) is 6.08 Å². The number of carbonyl (C=O) groups is 1. The molecule has 4 nitrogen and oxygen atoms in total. The molecule has 1 aliphatic carbocycles. The predicted molar refractivity (Wildman–Crippen MR) is 109 cm³/mol. The van der Waals surface area contributed by atoms with Crippen molar-refractivity contribution in [3.63, 3.8) is 0 Å². The molecule has 31 heavy (non-hydrogen) atoms. The molecule has 2 aromatic carbocycles. The number of para-hydroxylation sites is 1. The number of benzene rings is 2. The van der Waals surface area contributed by atoms with Crippen LogP contribution in [0.15, 0.2) is 65.7 Å². The first-order valence-corrected chi connectivity index (χ1v) is 9.76. The fourth-order valence-electron chi connectivity index (χ4n) is 3.40. The van der Waals surface area contributed by atoms with E-state index < -0.39 is 40.7 Å². The van der Waals surface area contributed by atoms with Crippen molar-refractivity contribution in [1.82, 2.24) is 0 Å². The minimum absolute atomic E-state index is 0.399. The van der Waals surface area contributed by atoms with Crippen molar-refractivity contribution in [3.05, 3.63) is 82.7 Å². The zero-order valence-electron chi connectivity index (χ0n) is 16.7. The molecule has 0 aliphatic heterocycles. The Morgan fingerprint density at radius 2 is 1.81 bits per heavy atom. The molecule has 0 saturated heterocycles. The molecule has 2 aromatic rings. The second-order valence-corrected chi connectivity index (χ2v) is 8.15. The van der Waals surface area contributed by atoms with Crippen molar-refractivity contribution in [2.75, 3.05) is 0 Å². The topological polar surface area (TPSA) is 39.9 Å². The maximum Gasteiger partial charge on any atom is 0.426 e. The average Bonchev–Trinajstić information content (AvgIpc) is 3.26. The summed E-state index contributed by atoms with van der Waals surface area (Å²) in [5, 5.41) is -1.27. The van der Waals surface area contributed by atoms with Crippen LogP contribution >= 0.6 is 11.6 Å². The summed E-state index contributed by atoms with van der Waals surface area (Å²) in [4.78, 5) is 16.0. The van der Waals surface area contributed by atoms with E-state index in [2.05, 4.69) is 4.85 Å². The second-order valence-electron chi connectivity index (χ2n) is 7.74. The van der Waals surface area contributed by atoms with E-state index in [1.54, 1.807) is 50.2 Å². The molecule has 1 fully saturated rings. The number of rotatable bonds is 6. The minimum atomic E-state index is -4.67. The Labute approximate surface area is 183 Å². The van der Waals surface area contributed by atoms with E-state index in [-0.39, 0.29) is 0 Å². The van der Waals surface area contributed by atoms with Crippen LogP contribution in [-0.2, 0) is 9.53 Å². The Hall–Kier alpha value is -2.98. The van der Waals surface area contributed by atoms with Crippen molar-refractivity contribution < 1.29 is 27.4 Å². The molecule has 0 bridgehead atoms. The Morgan fingerprint density at radius 1 is 1.16 bits per heavy atom. The maximum atomic E-state index is 12.7. The molecule has 1 aliphatic rings. The predicted octanol–water partition coefficient (Wildman–Crippen LogP) is 6.90. The summed E-state index contributed by atoms with van der Waals surface area (Å²) in [6.07, 6.45) is -5.08. The van der Waals surface area contributed by atoms with Crippen LogP contribution in [-0.4, -0.2) is 12.1 Å². The van der Waals surface area contributed by atoms with Crippen molar-refractivity contribution in [3.8, 4) is 11.5 Å². The van der Waals surface area contributed by atoms with Crippen LogP contribution in [0.4, 0.5) is 13.2 Å². The molecule has 0 heterocycles. The monoisotopic (exact) mass is 449 g/mol. The van der Waals surface area contributed by atoms with E-state index in [4.69, 9.17) is 27.6 Å². The van der Waals surface area contributed by atoms with Gasteiger partial charge >= 0.3 is 18.4 Å². The summed E-state index contributed by atoms with van der Waals surface area (Å²) in [7, 11) is 0. The SMILES string of the molecule is [C-]#[N+]C(OC(=O)[C@@H]1[C@H](/C=C(\Cl)C(F)(F)F)C1(C)C)c1cccc(Oc2ccccc2)c1. The van der Waals surface area contributed by atoms with Crippen molar-refractivity contribution >= 4 is 17.6 Å². The lowest BCUT2D eigenvalue weighted by molar-refractivity contribution is -0.150. The van der Waals surface area contributed by atoms with Crippen LogP contribution in [0, 0.1) is 23.8 Å². The van der Waals surface area contributed by atoms with E-state index >= 15 is 0 Å². The number of ether oxygens (including phenoxy) is 2. The molecule has 0 N–H and O–H groups in total. The zero-order valence-corrected chi connectivity index (χ0v) is 17.4. The summed E-state index contributed by atoms with van der Waals surface area (Å²) >= 11 is 5.32. The van der Waals surface area contributed by atoms with Gasteiger partial charge in [0.25, 0.3) is 0 Å². The lowest BCUT2D eigenvalue weighted by Gasteiger charge is -2.10. The molecule has 0 spiro atoms. The summed E-state index contributed by atoms with van der Waals surface area (Å²) in [6, 6.07) is 15.6. The number of hydrogen-bond acceptors (Lipinski definition) is 3. The molecule has 1 unspecified atom stereocenters. The molecule has 1 saturated carbocycles. The third kappa shape index (κ3) is 5.20. The van der Waals surface area contributed by atoms with Crippen LogP contribution in [0.1, 0.15) is 25.6 Å². The first-order valence-electron chi connectivity index (χ1n) is 9.38. The third-order valence-corrected chi connectivity index (χ3v) is 5.57. The molecule has 162 valence electrons. The van der Waals surface area contributed by atoms with Gasteiger partial charge in [-0.25, -0.2) is 6.57 Å². The quantitative estimate of drug-likeness (QED) is 0.356. The lowest BCUT2D eigenvalue weighted by Crippen LogP contribution is -2.14. The smallest absolute Gasteiger partial charge is 0.426 e. The van der Waals surface area contributed by atoms with Gasteiger partial charge in [0.15, 0.2) is 0 Å². The molecule has 0 amide bonds. The highest BCUT2D eigenvalue weighted by atomic mass is 35.5. The van der Waals surface area contributed by atoms with Gasteiger partial charge in [-0.1, -0.05) is 55.8 Å². The number of hydrogen-bond donors (Lipinski definition) is 0. The molecule has 0 radical (unpaired) electrons. The molecular weight excluding hydrogens is 431 g/mol. The maximum absolute atomic E-state index is 12.7. The van der Waals surface area contributed by atoms with E-state index in [9.17, 15) is 18.0 Å². The largest absolute Gasteiger partial charge is 0.457 e. The van der Waals surface area contributed by atoms with Gasteiger partial charge in [-0.05, 0) is 41.7 Å². The first-order chi connectivity index (χ1) is 14.5. The number of esters is 1. The lowest BCUT2D eigenvalue weighted by atomic mass is 10.1. The van der Waals surface area contributed by atoms with Crippen LogP contribution in [0.5, 0.6) is 11.5 Å². The Balaban J connectivity index is 1.72. The second kappa shape index (κ2) is 8.64. The zero-order chi connectivity index (χ0) is 22.8. The van der Waals surface area contributed by atoms with Gasteiger partial charge < -0.3 is 9.47 Å². The summed E-state index contributed by atoms with van der Waals surface area (Å²) in [6.45, 7) is 10.7. The Kier molecular flexibility index (Phi) is 6.33. The van der Waals surface area contributed by atoms with Gasteiger partial charge in [0, 0.05) is 0 Å². The molecule has 0 aromatic heterocycles. The molecular formula is C23H19ClF3NO3. The van der Waals surface area contributed by atoms with Gasteiger partial charge in [-0.15, -0.1) is 0 Å². The number of allylic oxidation sites excluding steroid dienone is 2. The van der Waals surface area contributed by atoms with Gasteiger partial charge in [0.2, 0.25) is 0 Å². The third-order valence-electron chi connectivity index (χ3n) is 5.23. The van der Waals surface area contributed by atoms with Crippen molar-refractivity contribution in [2.24, 2.45) is 17.3 Å². The number of halogens is 4. The number of nitrogens with zero attached hydrogens (tertiary/aromatic N) is 1. The normalized spacial score (nSPS) is 21.0. The van der Waals surface area contributed by atoms with Crippen LogP contribution in [0.25, 0.3) is 4.85 Å². The Bertz CT molecular complexity index is 1030. The first kappa shape index (κ1) is 22.7. The van der Waals surface area contributed by atoms with E-state index in [1.165, 1.54) is 0 Å². The van der Waals surface area contributed by atoms with E-state index in [1.807, 2.05) is 18.2 Å². The average molecular weight is 450 g/mol.